The zero-order valence-electron chi connectivity index (χ0n) is 11.4. The Labute approximate surface area is 128 Å². The summed E-state index contributed by atoms with van der Waals surface area (Å²) in [5, 5.41) is 2.38. The van der Waals surface area contributed by atoms with Gasteiger partial charge in [-0.15, -0.1) is 0 Å². The van der Waals surface area contributed by atoms with Crippen LogP contribution in [-0.4, -0.2) is 37.4 Å². The molecule has 0 unspecified atom stereocenters. The molecule has 1 aromatic carbocycles. The number of amides is 2. The first-order valence-electron chi connectivity index (χ1n) is 5.99. The molecule has 0 aliphatic carbocycles. The van der Waals surface area contributed by atoms with Crippen molar-refractivity contribution in [1.82, 2.24) is 10.2 Å². The summed E-state index contributed by atoms with van der Waals surface area (Å²) in [6.45, 7) is 0.0336. The molecule has 0 heterocycles. The van der Waals surface area contributed by atoms with Crippen LogP contribution < -0.4 is 5.32 Å². The van der Waals surface area contributed by atoms with Crippen LogP contribution in [0.4, 0.5) is 13.2 Å². The Morgan fingerprint density at radius 1 is 1.33 bits per heavy atom. The number of hydrogen-bond donors (Lipinski definition) is 1. The lowest BCUT2D eigenvalue weighted by atomic mass is 10.1. The molecule has 0 spiro atoms. The van der Waals surface area contributed by atoms with E-state index in [1.54, 1.807) is 0 Å². The third kappa shape index (κ3) is 4.73. The minimum Gasteiger partial charge on any atom is -0.359 e. The fourth-order valence-corrected chi connectivity index (χ4v) is 2.00. The van der Waals surface area contributed by atoms with E-state index >= 15 is 0 Å². The van der Waals surface area contributed by atoms with Gasteiger partial charge in [-0.1, -0.05) is 15.9 Å². The van der Waals surface area contributed by atoms with E-state index in [4.69, 9.17) is 0 Å². The van der Waals surface area contributed by atoms with Gasteiger partial charge in [0.05, 0.1) is 11.1 Å². The van der Waals surface area contributed by atoms with Crippen LogP contribution in [0.5, 0.6) is 0 Å². The maximum Gasteiger partial charge on any atom is 0.417 e. The lowest BCUT2D eigenvalue weighted by Crippen LogP contribution is -2.32. The van der Waals surface area contributed by atoms with Gasteiger partial charge in [-0.25, -0.2) is 0 Å². The quantitative estimate of drug-likeness (QED) is 0.890. The summed E-state index contributed by atoms with van der Waals surface area (Å²) in [6, 6.07) is 3.35. The molecule has 0 bridgehead atoms. The maximum absolute atomic E-state index is 13.0. The SMILES string of the molecule is CNC(=O)CCN(C)C(=O)c1ccc(Br)cc1C(F)(F)F. The monoisotopic (exact) mass is 366 g/mol. The van der Waals surface area contributed by atoms with E-state index in [0.717, 1.165) is 17.0 Å². The Balaban J connectivity index is 2.99. The molecule has 2 amide bonds. The van der Waals surface area contributed by atoms with Crippen molar-refractivity contribution in [3.63, 3.8) is 0 Å². The number of hydrogen-bond acceptors (Lipinski definition) is 2. The predicted octanol–water partition coefficient (Wildman–Crippen LogP) is 2.68. The minimum atomic E-state index is -4.63. The number of benzene rings is 1. The molecule has 1 N–H and O–H groups in total. The normalized spacial score (nSPS) is 11.1. The Bertz CT molecular complexity index is 547. The second-order valence-electron chi connectivity index (χ2n) is 4.34. The second kappa shape index (κ2) is 6.93. The molecule has 0 saturated carbocycles. The highest BCUT2D eigenvalue weighted by atomic mass is 79.9. The highest BCUT2D eigenvalue weighted by molar-refractivity contribution is 9.10. The van der Waals surface area contributed by atoms with Crippen LogP contribution >= 0.6 is 15.9 Å². The molecular formula is C13H14BrF3N2O2. The van der Waals surface area contributed by atoms with Crippen molar-refractivity contribution in [2.45, 2.75) is 12.6 Å². The van der Waals surface area contributed by atoms with Crippen molar-refractivity contribution in [2.75, 3.05) is 20.6 Å². The number of nitrogens with zero attached hydrogens (tertiary/aromatic N) is 1. The lowest BCUT2D eigenvalue weighted by Gasteiger charge is -2.19. The molecule has 116 valence electrons. The Morgan fingerprint density at radius 2 is 1.95 bits per heavy atom. The molecule has 8 heteroatoms. The fraction of sp³-hybridized carbons (Fsp3) is 0.385. The van der Waals surface area contributed by atoms with Crippen molar-refractivity contribution < 1.29 is 22.8 Å². The molecule has 1 aromatic rings. The first-order chi connectivity index (χ1) is 9.66. The molecule has 0 atom stereocenters. The molecule has 0 aliphatic heterocycles. The third-order valence-corrected chi connectivity index (χ3v) is 3.31. The Hall–Kier alpha value is -1.57. The Morgan fingerprint density at radius 3 is 2.48 bits per heavy atom. The van der Waals surface area contributed by atoms with Crippen LogP contribution in [0.15, 0.2) is 22.7 Å². The van der Waals surface area contributed by atoms with Crippen molar-refractivity contribution in [2.24, 2.45) is 0 Å². The lowest BCUT2D eigenvalue weighted by molar-refractivity contribution is -0.138. The predicted molar refractivity (Wildman–Crippen MR) is 74.8 cm³/mol. The highest BCUT2D eigenvalue weighted by Gasteiger charge is 2.36. The largest absolute Gasteiger partial charge is 0.417 e. The van der Waals surface area contributed by atoms with Crippen LogP contribution in [0.2, 0.25) is 0 Å². The summed E-state index contributed by atoms with van der Waals surface area (Å²) in [7, 11) is 2.80. The molecule has 1 rings (SSSR count). The second-order valence-corrected chi connectivity index (χ2v) is 5.25. The van der Waals surface area contributed by atoms with Crippen LogP contribution in [0.1, 0.15) is 22.3 Å². The van der Waals surface area contributed by atoms with E-state index in [1.807, 2.05) is 0 Å². The summed E-state index contributed by atoms with van der Waals surface area (Å²) in [5.41, 5.74) is -1.45. The van der Waals surface area contributed by atoms with Gasteiger partial charge in [0.1, 0.15) is 0 Å². The maximum atomic E-state index is 13.0. The third-order valence-electron chi connectivity index (χ3n) is 2.82. The van der Waals surface area contributed by atoms with Gasteiger partial charge >= 0.3 is 6.18 Å². The average molecular weight is 367 g/mol. The van der Waals surface area contributed by atoms with Gasteiger partial charge in [0, 0.05) is 31.5 Å². The minimum absolute atomic E-state index is 0.0244. The molecule has 0 aliphatic rings. The van der Waals surface area contributed by atoms with Crippen LogP contribution in [-0.2, 0) is 11.0 Å². The molecule has 0 fully saturated rings. The van der Waals surface area contributed by atoms with Crippen molar-refractivity contribution in [3.05, 3.63) is 33.8 Å². The van der Waals surface area contributed by atoms with Gasteiger partial charge < -0.3 is 10.2 Å². The highest BCUT2D eigenvalue weighted by Crippen LogP contribution is 2.34. The average Bonchev–Trinajstić information content (AvgIpc) is 2.42. The first kappa shape index (κ1) is 17.5. The molecule has 4 nitrogen and oxygen atoms in total. The summed E-state index contributed by atoms with van der Waals surface area (Å²) in [5.74, 6) is -1.07. The van der Waals surface area contributed by atoms with E-state index < -0.39 is 23.2 Å². The van der Waals surface area contributed by atoms with Crippen LogP contribution in [0.25, 0.3) is 0 Å². The van der Waals surface area contributed by atoms with E-state index in [2.05, 4.69) is 21.2 Å². The molecule has 0 saturated heterocycles. The van der Waals surface area contributed by atoms with Crippen LogP contribution in [0.3, 0.4) is 0 Å². The van der Waals surface area contributed by atoms with Gasteiger partial charge in [0.25, 0.3) is 5.91 Å². The van der Waals surface area contributed by atoms with Gasteiger partial charge in [-0.05, 0) is 18.2 Å². The zero-order chi connectivity index (χ0) is 16.2. The first-order valence-corrected chi connectivity index (χ1v) is 6.79. The van der Waals surface area contributed by atoms with E-state index in [1.165, 1.54) is 20.2 Å². The van der Waals surface area contributed by atoms with E-state index in [0.29, 0.717) is 0 Å². The van der Waals surface area contributed by atoms with Gasteiger partial charge in [0.2, 0.25) is 5.91 Å². The van der Waals surface area contributed by atoms with Gasteiger partial charge in [-0.3, -0.25) is 9.59 Å². The smallest absolute Gasteiger partial charge is 0.359 e. The zero-order valence-corrected chi connectivity index (χ0v) is 13.0. The molecule has 0 radical (unpaired) electrons. The summed E-state index contributed by atoms with van der Waals surface area (Å²) in [4.78, 5) is 24.3. The number of rotatable bonds is 4. The van der Waals surface area contributed by atoms with E-state index in [9.17, 15) is 22.8 Å². The molecular weight excluding hydrogens is 353 g/mol. The topological polar surface area (TPSA) is 49.4 Å². The number of nitrogens with one attached hydrogen (secondary N) is 1. The summed E-state index contributed by atoms with van der Waals surface area (Å²) < 4.78 is 39.1. The Kier molecular flexibility index (Phi) is 5.77. The number of carbonyl (C=O) groups is 2. The standard InChI is InChI=1S/C13H14BrF3N2O2/c1-18-11(20)5-6-19(2)12(21)9-4-3-8(14)7-10(9)13(15,16)17/h3-4,7H,5-6H2,1-2H3,(H,18,20). The van der Waals surface area contributed by atoms with E-state index in [-0.39, 0.29) is 23.3 Å². The van der Waals surface area contributed by atoms with Gasteiger partial charge in [0.15, 0.2) is 0 Å². The van der Waals surface area contributed by atoms with Crippen molar-refractivity contribution in [1.29, 1.82) is 0 Å². The number of halogens is 4. The number of alkyl halides is 3. The summed E-state index contributed by atoms with van der Waals surface area (Å²) >= 11 is 2.96. The molecule has 0 aromatic heterocycles. The molecule has 21 heavy (non-hydrogen) atoms. The van der Waals surface area contributed by atoms with Crippen molar-refractivity contribution >= 4 is 27.7 Å². The number of carbonyl (C=O) groups excluding carboxylic acids is 2. The summed E-state index contributed by atoms with van der Waals surface area (Å²) in [6.07, 6.45) is -4.60. The van der Waals surface area contributed by atoms with Crippen molar-refractivity contribution in [3.8, 4) is 0 Å². The van der Waals surface area contributed by atoms with Gasteiger partial charge in [-0.2, -0.15) is 13.2 Å². The fourth-order valence-electron chi connectivity index (χ4n) is 1.64. The van der Waals surface area contributed by atoms with Crippen LogP contribution in [0, 0.1) is 0 Å².